The summed E-state index contributed by atoms with van der Waals surface area (Å²) in [5.41, 5.74) is 3.32. The molecule has 122 valence electrons. The first-order chi connectivity index (χ1) is 10.5. The van der Waals surface area contributed by atoms with Crippen molar-refractivity contribution in [3.05, 3.63) is 11.9 Å². The molecular formula is C18H30N4. The van der Waals surface area contributed by atoms with Gasteiger partial charge >= 0.3 is 0 Å². The first-order valence-electron chi connectivity index (χ1n) is 8.90. The van der Waals surface area contributed by atoms with E-state index in [4.69, 9.17) is 4.99 Å². The number of unbranched alkanes of at least 4 members (excludes halogenated alkanes) is 1. The van der Waals surface area contributed by atoms with Crippen molar-refractivity contribution in [2.45, 2.75) is 72.8 Å². The highest BCUT2D eigenvalue weighted by atomic mass is 15.4. The van der Waals surface area contributed by atoms with Crippen LogP contribution in [0.5, 0.6) is 0 Å². The average Bonchev–Trinajstić information content (AvgIpc) is 3.07. The Morgan fingerprint density at radius 3 is 2.82 bits per heavy atom. The zero-order valence-electron chi connectivity index (χ0n) is 14.6. The van der Waals surface area contributed by atoms with E-state index < -0.39 is 0 Å². The third-order valence-electron chi connectivity index (χ3n) is 6.52. The first kappa shape index (κ1) is 15.7. The van der Waals surface area contributed by atoms with Crippen molar-refractivity contribution >= 4 is 5.71 Å². The van der Waals surface area contributed by atoms with Gasteiger partial charge in [-0.1, -0.05) is 39.3 Å². The Labute approximate surface area is 134 Å². The Bertz CT molecular complexity index is 557. The second-order valence-corrected chi connectivity index (χ2v) is 7.90. The van der Waals surface area contributed by atoms with E-state index >= 15 is 0 Å². The van der Waals surface area contributed by atoms with Gasteiger partial charge < -0.3 is 0 Å². The predicted molar refractivity (Wildman–Crippen MR) is 90.2 cm³/mol. The standard InChI is InChI=1S/C18H30N4/c1-5-6-7-15-13-22(21-20-15)11-10-19-16-12-14-8-9-18(16,4)17(14,2)3/h13-14H,5-12H2,1-4H3/t14-,18+/m1/s1. The number of aliphatic imine (C=N–C) groups is 1. The highest BCUT2D eigenvalue weighted by Gasteiger charge is 2.59. The van der Waals surface area contributed by atoms with Crippen LogP contribution in [-0.4, -0.2) is 27.3 Å². The van der Waals surface area contributed by atoms with E-state index in [1.165, 1.54) is 37.8 Å². The predicted octanol–water partition coefficient (Wildman–Crippen LogP) is 3.91. The second-order valence-electron chi connectivity index (χ2n) is 7.90. The van der Waals surface area contributed by atoms with Crippen LogP contribution in [0, 0.1) is 16.7 Å². The van der Waals surface area contributed by atoms with Crippen molar-refractivity contribution in [3.8, 4) is 0 Å². The fourth-order valence-corrected chi connectivity index (χ4v) is 4.38. The lowest BCUT2D eigenvalue weighted by atomic mass is 9.70. The molecule has 0 spiro atoms. The van der Waals surface area contributed by atoms with Crippen LogP contribution >= 0.6 is 0 Å². The molecule has 3 rings (SSSR count). The topological polar surface area (TPSA) is 43.1 Å². The Morgan fingerprint density at radius 2 is 2.18 bits per heavy atom. The van der Waals surface area contributed by atoms with Crippen molar-refractivity contribution in [2.75, 3.05) is 6.54 Å². The van der Waals surface area contributed by atoms with Crippen LogP contribution in [0.2, 0.25) is 0 Å². The molecule has 0 unspecified atom stereocenters. The van der Waals surface area contributed by atoms with E-state index in [9.17, 15) is 0 Å². The molecule has 0 radical (unpaired) electrons. The lowest BCUT2D eigenvalue weighted by Gasteiger charge is -2.34. The van der Waals surface area contributed by atoms with Gasteiger partial charge in [0.25, 0.3) is 0 Å². The monoisotopic (exact) mass is 302 g/mol. The van der Waals surface area contributed by atoms with Crippen LogP contribution in [0.3, 0.4) is 0 Å². The maximum Gasteiger partial charge on any atom is 0.0827 e. The van der Waals surface area contributed by atoms with Crippen LogP contribution in [-0.2, 0) is 13.0 Å². The number of rotatable bonds is 6. The van der Waals surface area contributed by atoms with Gasteiger partial charge in [-0.25, -0.2) is 0 Å². The van der Waals surface area contributed by atoms with Gasteiger partial charge in [-0.3, -0.25) is 9.67 Å². The Hall–Kier alpha value is -1.19. The van der Waals surface area contributed by atoms with E-state index in [1.54, 1.807) is 0 Å². The van der Waals surface area contributed by atoms with Gasteiger partial charge in [-0.05, 0) is 43.4 Å². The van der Waals surface area contributed by atoms with Gasteiger partial charge in [0.05, 0.1) is 18.8 Å². The molecule has 2 aliphatic rings. The Kier molecular flexibility index (Phi) is 4.13. The summed E-state index contributed by atoms with van der Waals surface area (Å²) in [5.74, 6) is 0.836. The van der Waals surface area contributed by atoms with Crippen molar-refractivity contribution < 1.29 is 0 Å². The Morgan fingerprint density at radius 1 is 1.36 bits per heavy atom. The fraction of sp³-hybridized carbons (Fsp3) is 0.833. The summed E-state index contributed by atoms with van der Waals surface area (Å²) >= 11 is 0. The van der Waals surface area contributed by atoms with Crippen molar-refractivity contribution in [3.63, 3.8) is 0 Å². The number of fused-ring (bicyclic) bond motifs is 2. The minimum atomic E-state index is 0.326. The van der Waals surface area contributed by atoms with Gasteiger partial charge in [0, 0.05) is 17.3 Å². The molecule has 1 aromatic heterocycles. The molecular weight excluding hydrogens is 272 g/mol. The fourth-order valence-electron chi connectivity index (χ4n) is 4.38. The van der Waals surface area contributed by atoms with E-state index in [0.29, 0.717) is 10.8 Å². The molecule has 22 heavy (non-hydrogen) atoms. The molecule has 0 amide bonds. The number of aromatic nitrogens is 3. The van der Waals surface area contributed by atoms with Gasteiger partial charge in [0.2, 0.25) is 0 Å². The van der Waals surface area contributed by atoms with Crippen LogP contribution < -0.4 is 0 Å². The van der Waals surface area contributed by atoms with Gasteiger partial charge in [-0.15, -0.1) is 5.10 Å². The normalized spacial score (nSPS) is 31.3. The molecule has 1 aromatic rings. The van der Waals surface area contributed by atoms with E-state index in [2.05, 4.69) is 44.2 Å². The van der Waals surface area contributed by atoms with Gasteiger partial charge in [0.1, 0.15) is 0 Å². The molecule has 2 saturated carbocycles. The van der Waals surface area contributed by atoms with Crippen LogP contribution in [0.15, 0.2) is 11.2 Å². The van der Waals surface area contributed by atoms with Gasteiger partial charge in [-0.2, -0.15) is 0 Å². The second kappa shape index (κ2) is 5.78. The van der Waals surface area contributed by atoms with E-state index in [-0.39, 0.29) is 0 Å². The number of nitrogens with zero attached hydrogens (tertiary/aromatic N) is 4. The van der Waals surface area contributed by atoms with E-state index in [1.807, 2.05) is 4.68 Å². The molecule has 0 saturated heterocycles. The molecule has 2 bridgehead atoms. The molecule has 4 nitrogen and oxygen atoms in total. The third kappa shape index (κ3) is 2.50. The van der Waals surface area contributed by atoms with Crippen LogP contribution in [0.1, 0.15) is 65.5 Å². The first-order valence-corrected chi connectivity index (χ1v) is 8.90. The highest BCUT2D eigenvalue weighted by Crippen LogP contribution is 2.63. The molecule has 2 aliphatic carbocycles. The number of aryl methyl sites for hydroxylation is 1. The average molecular weight is 302 g/mol. The minimum Gasteiger partial charge on any atom is -0.292 e. The van der Waals surface area contributed by atoms with Gasteiger partial charge in [0.15, 0.2) is 0 Å². The SMILES string of the molecule is CCCCc1cn(CCN=C2C[C@H]3CC[C@]2(C)C3(C)C)nn1. The highest BCUT2D eigenvalue weighted by molar-refractivity contribution is 5.94. The summed E-state index contributed by atoms with van der Waals surface area (Å²) in [6.07, 6.45) is 9.43. The largest absolute Gasteiger partial charge is 0.292 e. The third-order valence-corrected chi connectivity index (χ3v) is 6.52. The zero-order chi connectivity index (χ0) is 15.8. The summed E-state index contributed by atoms with van der Waals surface area (Å²) in [5, 5.41) is 8.47. The quantitative estimate of drug-likeness (QED) is 0.799. The maximum atomic E-state index is 4.97. The summed E-state index contributed by atoms with van der Waals surface area (Å²) in [6.45, 7) is 11.2. The lowest BCUT2D eigenvalue weighted by molar-refractivity contribution is 0.193. The van der Waals surface area contributed by atoms with Crippen LogP contribution in [0.4, 0.5) is 0 Å². The molecule has 0 aromatic carbocycles. The molecule has 2 fully saturated rings. The Balaban J connectivity index is 1.58. The summed E-state index contributed by atoms with van der Waals surface area (Å²) in [7, 11) is 0. The smallest absolute Gasteiger partial charge is 0.0827 e. The maximum absolute atomic E-state index is 4.97. The van der Waals surface area contributed by atoms with Crippen molar-refractivity contribution in [1.29, 1.82) is 0 Å². The van der Waals surface area contributed by atoms with E-state index in [0.717, 1.165) is 31.1 Å². The molecule has 2 atom stereocenters. The van der Waals surface area contributed by atoms with Crippen molar-refractivity contribution in [1.82, 2.24) is 15.0 Å². The summed E-state index contributed by atoms with van der Waals surface area (Å²) in [6, 6.07) is 0. The number of hydrogen-bond acceptors (Lipinski definition) is 3. The minimum absolute atomic E-state index is 0.326. The zero-order valence-corrected chi connectivity index (χ0v) is 14.6. The molecule has 0 N–H and O–H groups in total. The molecule has 1 heterocycles. The van der Waals surface area contributed by atoms with Crippen LogP contribution in [0.25, 0.3) is 0 Å². The summed E-state index contributed by atoms with van der Waals surface area (Å²) in [4.78, 5) is 4.97. The van der Waals surface area contributed by atoms with Crippen molar-refractivity contribution in [2.24, 2.45) is 21.7 Å². The summed E-state index contributed by atoms with van der Waals surface area (Å²) < 4.78 is 1.95. The lowest BCUT2D eigenvalue weighted by Crippen LogP contribution is -2.32. The molecule has 4 heteroatoms. The molecule has 0 aliphatic heterocycles. The number of hydrogen-bond donors (Lipinski definition) is 0.